The van der Waals surface area contributed by atoms with Gasteiger partial charge >= 0.3 is 0 Å². The van der Waals surface area contributed by atoms with Crippen LogP contribution in [0, 0.1) is 11.8 Å². The number of hydrogen-bond donors (Lipinski definition) is 1. The van der Waals surface area contributed by atoms with Gasteiger partial charge in [0.25, 0.3) is 0 Å². The van der Waals surface area contributed by atoms with E-state index in [-0.39, 0.29) is 5.91 Å². The zero-order chi connectivity index (χ0) is 12.8. The van der Waals surface area contributed by atoms with Crippen molar-refractivity contribution in [1.82, 2.24) is 5.32 Å². The fourth-order valence-corrected chi connectivity index (χ4v) is 1.58. The molecule has 2 atom stereocenters. The van der Waals surface area contributed by atoms with Gasteiger partial charge in [-0.15, -0.1) is 11.6 Å². The van der Waals surface area contributed by atoms with E-state index in [9.17, 15) is 4.79 Å². The highest BCUT2D eigenvalue weighted by Gasteiger charge is 2.18. The topological polar surface area (TPSA) is 29.1 Å². The molecule has 94 valence electrons. The first-order valence-electron chi connectivity index (χ1n) is 5.99. The summed E-state index contributed by atoms with van der Waals surface area (Å²) in [5.41, 5.74) is 0.837. The van der Waals surface area contributed by atoms with Gasteiger partial charge in [-0.1, -0.05) is 51.1 Å². The van der Waals surface area contributed by atoms with E-state index in [0.29, 0.717) is 18.4 Å². The summed E-state index contributed by atoms with van der Waals surface area (Å²) in [5.74, 6) is 0.893. The van der Waals surface area contributed by atoms with Crippen LogP contribution in [0.4, 0.5) is 0 Å². The maximum Gasteiger partial charge on any atom is 0.242 e. The van der Waals surface area contributed by atoms with Crippen LogP contribution < -0.4 is 5.32 Å². The quantitative estimate of drug-likeness (QED) is 0.801. The van der Waals surface area contributed by atoms with Crippen LogP contribution in [0.5, 0.6) is 0 Å². The number of benzene rings is 1. The largest absolute Gasteiger partial charge is 0.354 e. The Kier molecular flexibility index (Phi) is 5.49. The molecule has 2 unspecified atom stereocenters. The molecule has 1 aromatic rings. The van der Waals surface area contributed by atoms with E-state index in [4.69, 9.17) is 11.6 Å². The second kappa shape index (κ2) is 6.65. The standard InChI is InChI=1S/C14H20ClNO/c1-10(2)11(3)9-16-14(17)13(15)12-7-5-4-6-8-12/h4-8,10-11,13H,9H2,1-3H3,(H,16,17). The molecule has 0 saturated carbocycles. The molecule has 0 aliphatic heterocycles. The number of carbonyl (C=O) groups excluding carboxylic acids is 1. The van der Waals surface area contributed by atoms with Crippen LogP contribution in [-0.2, 0) is 4.79 Å². The lowest BCUT2D eigenvalue weighted by Gasteiger charge is -2.17. The van der Waals surface area contributed by atoms with E-state index in [1.807, 2.05) is 30.3 Å². The summed E-state index contributed by atoms with van der Waals surface area (Å²) in [6.45, 7) is 7.08. The van der Waals surface area contributed by atoms with Gasteiger partial charge in [0.05, 0.1) is 0 Å². The summed E-state index contributed by atoms with van der Waals surface area (Å²) in [5, 5.41) is 2.29. The van der Waals surface area contributed by atoms with E-state index in [0.717, 1.165) is 5.56 Å². The molecule has 0 aromatic heterocycles. The average molecular weight is 254 g/mol. The fraction of sp³-hybridized carbons (Fsp3) is 0.500. The highest BCUT2D eigenvalue weighted by atomic mass is 35.5. The molecule has 3 heteroatoms. The van der Waals surface area contributed by atoms with Crippen molar-refractivity contribution in [1.29, 1.82) is 0 Å². The van der Waals surface area contributed by atoms with E-state index in [2.05, 4.69) is 26.1 Å². The van der Waals surface area contributed by atoms with Crippen LogP contribution in [0.25, 0.3) is 0 Å². The lowest BCUT2D eigenvalue weighted by atomic mass is 9.98. The number of alkyl halides is 1. The molecule has 1 N–H and O–H groups in total. The minimum atomic E-state index is -0.601. The summed E-state index contributed by atoms with van der Waals surface area (Å²) in [6.07, 6.45) is 0. The van der Waals surface area contributed by atoms with Crippen molar-refractivity contribution in [2.24, 2.45) is 11.8 Å². The lowest BCUT2D eigenvalue weighted by molar-refractivity contribution is -0.121. The van der Waals surface area contributed by atoms with Crippen molar-refractivity contribution < 1.29 is 4.79 Å². The van der Waals surface area contributed by atoms with Gasteiger partial charge in [0.2, 0.25) is 5.91 Å². The van der Waals surface area contributed by atoms with Gasteiger partial charge in [0.1, 0.15) is 5.38 Å². The third kappa shape index (κ3) is 4.39. The molecule has 0 bridgehead atoms. The molecule has 0 aliphatic rings. The van der Waals surface area contributed by atoms with Gasteiger partial charge in [-0.25, -0.2) is 0 Å². The van der Waals surface area contributed by atoms with Crippen LogP contribution in [0.2, 0.25) is 0 Å². The molecule has 1 amide bonds. The molecular weight excluding hydrogens is 234 g/mol. The van der Waals surface area contributed by atoms with E-state index >= 15 is 0 Å². The number of carbonyl (C=O) groups is 1. The summed E-state index contributed by atoms with van der Waals surface area (Å²) in [6, 6.07) is 9.40. The molecule has 0 spiro atoms. The molecule has 0 saturated heterocycles. The first-order chi connectivity index (χ1) is 8.02. The Hall–Kier alpha value is -1.02. The number of nitrogens with one attached hydrogen (secondary N) is 1. The Morgan fingerprint density at radius 1 is 1.24 bits per heavy atom. The number of halogens is 1. The van der Waals surface area contributed by atoms with Crippen LogP contribution in [0.3, 0.4) is 0 Å². The maximum atomic E-state index is 11.8. The third-order valence-corrected chi connectivity index (χ3v) is 3.51. The van der Waals surface area contributed by atoms with E-state index < -0.39 is 5.38 Å². The highest BCUT2D eigenvalue weighted by Crippen LogP contribution is 2.20. The first-order valence-corrected chi connectivity index (χ1v) is 6.42. The normalized spacial score (nSPS) is 14.4. The minimum absolute atomic E-state index is 0.120. The molecule has 0 radical (unpaired) electrons. The third-order valence-electron chi connectivity index (χ3n) is 3.06. The Morgan fingerprint density at radius 2 is 1.82 bits per heavy atom. The monoisotopic (exact) mass is 253 g/mol. The predicted octanol–water partition coefficient (Wildman–Crippen LogP) is 3.37. The molecule has 1 rings (SSSR count). The number of amides is 1. The molecule has 0 heterocycles. The van der Waals surface area contributed by atoms with Gasteiger partial charge in [0.15, 0.2) is 0 Å². The lowest BCUT2D eigenvalue weighted by Crippen LogP contribution is -2.32. The number of hydrogen-bond acceptors (Lipinski definition) is 1. The van der Waals surface area contributed by atoms with Gasteiger partial charge < -0.3 is 5.32 Å². The van der Waals surface area contributed by atoms with Crippen LogP contribution in [-0.4, -0.2) is 12.5 Å². The smallest absolute Gasteiger partial charge is 0.242 e. The summed E-state index contributed by atoms with van der Waals surface area (Å²) in [4.78, 5) is 11.8. The van der Waals surface area contributed by atoms with Gasteiger partial charge in [-0.05, 0) is 17.4 Å². The van der Waals surface area contributed by atoms with Crippen LogP contribution in [0.1, 0.15) is 31.7 Å². The van der Waals surface area contributed by atoms with Crippen molar-refractivity contribution in [3.63, 3.8) is 0 Å². The predicted molar refractivity (Wildman–Crippen MR) is 72.0 cm³/mol. The van der Waals surface area contributed by atoms with Gasteiger partial charge in [-0.2, -0.15) is 0 Å². The number of rotatable bonds is 5. The molecule has 17 heavy (non-hydrogen) atoms. The fourth-order valence-electron chi connectivity index (χ4n) is 1.36. The van der Waals surface area contributed by atoms with Crippen molar-refractivity contribution >= 4 is 17.5 Å². The van der Waals surface area contributed by atoms with E-state index in [1.165, 1.54) is 0 Å². The van der Waals surface area contributed by atoms with Gasteiger partial charge in [0, 0.05) is 6.54 Å². The highest BCUT2D eigenvalue weighted by molar-refractivity contribution is 6.30. The Labute approximate surface area is 108 Å². The first kappa shape index (κ1) is 14.0. The van der Waals surface area contributed by atoms with Crippen molar-refractivity contribution in [3.8, 4) is 0 Å². The molecule has 0 fully saturated rings. The second-order valence-electron chi connectivity index (χ2n) is 4.74. The maximum absolute atomic E-state index is 11.8. The SMILES string of the molecule is CC(C)C(C)CNC(=O)C(Cl)c1ccccc1. The second-order valence-corrected chi connectivity index (χ2v) is 5.18. The average Bonchev–Trinajstić information content (AvgIpc) is 2.35. The van der Waals surface area contributed by atoms with Crippen molar-refractivity contribution in [3.05, 3.63) is 35.9 Å². The Bertz CT molecular complexity index is 350. The zero-order valence-corrected chi connectivity index (χ0v) is 11.4. The Balaban J connectivity index is 2.48. The zero-order valence-electron chi connectivity index (χ0n) is 10.6. The van der Waals surface area contributed by atoms with Crippen molar-refractivity contribution in [2.75, 3.05) is 6.54 Å². The summed E-state index contributed by atoms with van der Waals surface area (Å²) < 4.78 is 0. The molecule has 1 aromatic carbocycles. The summed E-state index contributed by atoms with van der Waals surface area (Å²) in [7, 11) is 0. The molecular formula is C14H20ClNO. The Morgan fingerprint density at radius 3 is 2.35 bits per heavy atom. The van der Waals surface area contributed by atoms with E-state index in [1.54, 1.807) is 0 Å². The van der Waals surface area contributed by atoms with Crippen LogP contribution in [0.15, 0.2) is 30.3 Å². The van der Waals surface area contributed by atoms with Crippen molar-refractivity contribution in [2.45, 2.75) is 26.1 Å². The van der Waals surface area contributed by atoms with Crippen LogP contribution >= 0.6 is 11.6 Å². The molecule has 0 aliphatic carbocycles. The summed E-state index contributed by atoms with van der Waals surface area (Å²) >= 11 is 6.11. The minimum Gasteiger partial charge on any atom is -0.354 e. The van der Waals surface area contributed by atoms with Gasteiger partial charge in [-0.3, -0.25) is 4.79 Å². The molecule has 2 nitrogen and oxygen atoms in total.